The molecule has 18 nitrogen and oxygen atoms in total. The number of nitrogens with zero attached hydrogens (tertiary/aromatic N) is 1. The Hall–Kier alpha value is -4.10. The topological polar surface area (TPSA) is 265 Å². The molecule has 0 bridgehead atoms. The van der Waals surface area contributed by atoms with Gasteiger partial charge in [-0.25, -0.2) is 16.8 Å². The molecule has 2 atom stereocenters. The van der Waals surface area contributed by atoms with Crippen molar-refractivity contribution in [1.29, 1.82) is 0 Å². The van der Waals surface area contributed by atoms with Crippen LogP contribution in [-0.2, 0) is 80.8 Å². The van der Waals surface area contributed by atoms with Gasteiger partial charge in [0.05, 0.1) is 81.6 Å². The van der Waals surface area contributed by atoms with Crippen LogP contribution in [-0.4, -0.2) is 142 Å². The summed E-state index contributed by atoms with van der Waals surface area (Å²) in [5, 5.41) is 8.97. The zero-order valence-electron chi connectivity index (χ0n) is 43.9. The normalized spacial score (nSPS) is 18.9. The van der Waals surface area contributed by atoms with E-state index in [4.69, 9.17) is 33.5 Å². The van der Waals surface area contributed by atoms with E-state index in [9.17, 15) is 43.7 Å². The van der Waals surface area contributed by atoms with Gasteiger partial charge < -0.3 is 47.5 Å². The predicted octanol–water partition coefficient (Wildman–Crippen LogP) is 7.95. The molecule has 75 heavy (non-hydrogen) atoms. The summed E-state index contributed by atoms with van der Waals surface area (Å²) in [6.45, 7) is 11.0. The molecule has 1 aliphatic carbocycles. The molecule has 0 spiro atoms. The fourth-order valence-corrected chi connectivity index (χ4v) is 11.1. The Morgan fingerprint density at radius 2 is 1.17 bits per heavy atom. The Balaban J connectivity index is 1.51. The minimum absolute atomic E-state index is 0.0604. The summed E-state index contributed by atoms with van der Waals surface area (Å²) in [6, 6.07) is 8.77. The number of carbonyl (C=O) groups is 1. The van der Waals surface area contributed by atoms with Crippen molar-refractivity contribution in [2.24, 2.45) is 0 Å². The third-order valence-corrected chi connectivity index (χ3v) is 16.0. The third-order valence-electron chi connectivity index (χ3n) is 13.5. The van der Waals surface area contributed by atoms with Gasteiger partial charge in [0, 0.05) is 48.9 Å². The van der Waals surface area contributed by atoms with Crippen LogP contribution in [0, 0.1) is 0 Å². The molecule has 2 aromatic carbocycles. The van der Waals surface area contributed by atoms with Gasteiger partial charge in [-0.05, 0) is 117 Å². The molecule has 1 heterocycles. The van der Waals surface area contributed by atoms with Crippen molar-refractivity contribution < 1.29 is 77.2 Å². The number of rotatable bonds is 38. The first-order valence-electron chi connectivity index (χ1n) is 25.6. The average molecular weight is 1110 g/mol. The van der Waals surface area contributed by atoms with Crippen molar-refractivity contribution in [1.82, 2.24) is 0 Å². The lowest BCUT2D eigenvalue weighted by Gasteiger charge is -2.40. The SMILES string of the molecule is CCN1/C(=C/C=C/C=C/C=C/C2=C(CCCCCCCCC(=O)O)Cc3ccc(S(=O)(=O)[O-])cc3C2(C)CCCS(=O)(=O)O)C(C)(CCOCCOCCOCCOCCOCCOC)c2cc(S(=O)(=O)[O-])ccc21. The van der Waals surface area contributed by atoms with Gasteiger partial charge in [0.1, 0.15) is 20.2 Å². The number of unbranched alkanes of at least 4 members (excludes halogenated alkanes) is 5. The highest BCUT2D eigenvalue weighted by atomic mass is 32.2. The number of fused-ring (bicyclic) bond motifs is 2. The fraction of sp³-hybridized carbons (Fsp3) is 0.574. The molecule has 0 amide bonds. The lowest BCUT2D eigenvalue weighted by atomic mass is 9.64. The zero-order valence-corrected chi connectivity index (χ0v) is 46.3. The van der Waals surface area contributed by atoms with E-state index >= 15 is 0 Å². The van der Waals surface area contributed by atoms with Gasteiger partial charge in [-0.2, -0.15) is 8.42 Å². The first kappa shape index (κ1) is 63.4. The largest absolute Gasteiger partial charge is 0.744 e. The smallest absolute Gasteiger partial charge is 0.303 e. The van der Waals surface area contributed by atoms with Crippen molar-refractivity contribution in [2.45, 2.75) is 118 Å². The number of likely N-dealkylation sites (N-methyl/N-ethyl adjacent to an activating group) is 1. The summed E-state index contributed by atoms with van der Waals surface area (Å²) >= 11 is 0. The Labute approximate surface area is 445 Å². The first-order chi connectivity index (χ1) is 35.7. The molecular formula is C54H77NO17S3-2. The van der Waals surface area contributed by atoms with Crippen molar-refractivity contribution in [3.8, 4) is 0 Å². The van der Waals surface area contributed by atoms with Crippen LogP contribution in [0.2, 0.25) is 0 Å². The van der Waals surface area contributed by atoms with Crippen LogP contribution in [0.25, 0.3) is 0 Å². The number of hydrogen-bond acceptors (Lipinski definition) is 16. The molecule has 0 saturated heterocycles. The molecular weight excluding hydrogens is 1030 g/mol. The molecule has 2 aliphatic rings. The van der Waals surface area contributed by atoms with Crippen LogP contribution in [0.3, 0.4) is 0 Å². The molecule has 420 valence electrons. The molecule has 21 heteroatoms. The summed E-state index contributed by atoms with van der Waals surface area (Å²) in [4.78, 5) is 12.3. The molecule has 0 aromatic heterocycles. The summed E-state index contributed by atoms with van der Waals surface area (Å²) in [5.41, 5.74) is 4.01. The molecule has 1 aliphatic heterocycles. The number of methoxy groups -OCH3 is 1. The van der Waals surface area contributed by atoms with Gasteiger partial charge in [0.25, 0.3) is 10.1 Å². The van der Waals surface area contributed by atoms with Crippen molar-refractivity contribution in [3.63, 3.8) is 0 Å². The highest BCUT2D eigenvalue weighted by Gasteiger charge is 2.43. The monoisotopic (exact) mass is 1110 g/mol. The number of carboxylic acids is 1. The van der Waals surface area contributed by atoms with E-state index in [1.807, 2.05) is 63.3 Å². The number of ether oxygens (including phenoxy) is 6. The van der Waals surface area contributed by atoms with Crippen LogP contribution in [0.15, 0.2) is 106 Å². The highest BCUT2D eigenvalue weighted by molar-refractivity contribution is 7.86. The van der Waals surface area contributed by atoms with Gasteiger partial charge in [-0.3, -0.25) is 9.35 Å². The van der Waals surface area contributed by atoms with Crippen molar-refractivity contribution >= 4 is 42.0 Å². The summed E-state index contributed by atoms with van der Waals surface area (Å²) in [5.74, 6) is -1.32. The van der Waals surface area contributed by atoms with Crippen molar-refractivity contribution in [3.05, 3.63) is 112 Å². The van der Waals surface area contributed by atoms with E-state index in [-0.39, 0.29) is 29.1 Å². The van der Waals surface area contributed by atoms with Crippen LogP contribution in [0.1, 0.15) is 108 Å². The maximum absolute atomic E-state index is 12.2. The number of benzene rings is 2. The number of aliphatic carboxylic acids is 1. The number of anilines is 1. The Bertz CT molecular complexity index is 2640. The Morgan fingerprint density at radius 3 is 1.73 bits per heavy atom. The maximum Gasteiger partial charge on any atom is 0.303 e. The van der Waals surface area contributed by atoms with Gasteiger partial charge >= 0.3 is 5.97 Å². The third kappa shape index (κ3) is 20.7. The standard InChI is InChI=1S/C54H79NO17S3/c1-5-55-50-25-24-46(75(64,65)66)42-49(50)54(3,27-28-68-31-32-70-35-36-72-38-37-71-34-33-69-30-29-67-4)51(55)20-15-11-8-10-14-19-47-43(18-13-9-6-7-12-16-21-52(56)57)40-44-22-23-45(74(61,62)63)41-48(44)53(47,2)26-17-39-73(58,59)60/h8,10-11,14-15,19-20,22-25,41-42H,5-7,9,12-13,16-18,21,26-40H2,1-4H3,(H,56,57)(H,58,59,60)(H,61,62,63)(H,64,65,66)/p-2/b10-8+,15-11+,19-14+,51-20+. The van der Waals surface area contributed by atoms with Gasteiger partial charge in [0.15, 0.2) is 0 Å². The first-order valence-corrected chi connectivity index (χ1v) is 30.0. The minimum atomic E-state index is -4.82. The van der Waals surface area contributed by atoms with Gasteiger partial charge in [-0.1, -0.05) is 80.7 Å². The highest BCUT2D eigenvalue weighted by Crippen LogP contribution is 2.51. The average Bonchev–Trinajstić information content (AvgIpc) is 3.58. The van der Waals surface area contributed by atoms with Crippen molar-refractivity contribution in [2.75, 3.05) is 97.0 Å². The van der Waals surface area contributed by atoms with Crippen LogP contribution >= 0.6 is 0 Å². The number of carboxylic acid groups (broad SMARTS) is 1. The molecule has 0 fully saturated rings. The molecule has 2 aromatic rings. The second-order valence-corrected chi connectivity index (χ2v) is 23.2. The molecule has 2 unspecified atom stereocenters. The molecule has 4 rings (SSSR count). The lowest BCUT2D eigenvalue weighted by Crippen LogP contribution is -2.32. The van der Waals surface area contributed by atoms with Gasteiger partial charge in [-0.15, -0.1) is 0 Å². The molecule has 2 N–H and O–H groups in total. The summed E-state index contributed by atoms with van der Waals surface area (Å²) < 4.78 is 140. The fourth-order valence-electron chi connectivity index (χ4n) is 9.65. The quantitative estimate of drug-likeness (QED) is 0.0367. The summed E-state index contributed by atoms with van der Waals surface area (Å²) in [6.07, 6.45) is 20.1. The van der Waals surface area contributed by atoms with E-state index in [1.165, 1.54) is 24.3 Å². The number of allylic oxidation sites excluding steroid dienone is 10. The maximum atomic E-state index is 12.2. The van der Waals surface area contributed by atoms with Gasteiger partial charge in [0.2, 0.25) is 0 Å². The number of hydrogen-bond donors (Lipinski definition) is 2. The molecule has 0 radical (unpaired) electrons. The summed E-state index contributed by atoms with van der Waals surface area (Å²) in [7, 11) is -12.3. The Morgan fingerprint density at radius 1 is 0.653 bits per heavy atom. The van der Waals surface area contributed by atoms with E-state index in [1.54, 1.807) is 19.2 Å². The lowest BCUT2D eigenvalue weighted by molar-refractivity contribution is -0.137. The van der Waals surface area contributed by atoms with Crippen LogP contribution in [0.4, 0.5) is 5.69 Å². The van der Waals surface area contributed by atoms with E-state index in [2.05, 4.69) is 4.90 Å². The second-order valence-electron chi connectivity index (χ2n) is 18.9. The molecule has 0 saturated carbocycles. The predicted molar refractivity (Wildman–Crippen MR) is 284 cm³/mol. The second kappa shape index (κ2) is 31.3. The van der Waals surface area contributed by atoms with Crippen LogP contribution < -0.4 is 4.90 Å². The zero-order chi connectivity index (χ0) is 55.0. The van der Waals surface area contributed by atoms with E-state index < -0.39 is 52.9 Å². The Kier molecular flexibility index (Phi) is 26.5. The van der Waals surface area contributed by atoms with E-state index in [0.717, 1.165) is 60.2 Å². The van der Waals surface area contributed by atoms with E-state index in [0.29, 0.717) is 116 Å². The van der Waals surface area contributed by atoms with Crippen LogP contribution in [0.5, 0.6) is 0 Å². The minimum Gasteiger partial charge on any atom is -0.744 e.